The summed E-state index contributed by atoms with van der Waals surface area (Å²) in [5.41, 5.74) is 3.87. The van der Waals surface area contributed by atoms with Crippen LogP contribution in [0.5, 0.6) is 0 Å². The molecule has 8 nitrogen and oxygen atoms in total. The lowest BCUT2D eigenvalue weighted by molar-refractivity contribution is -0.130. The average Bonchev–Trinajstić information content (AvgIpc) is 3.59. The maximum Gasteiger partial charge on any atom is 0.253 e. The molecule has 160 valence electrons. The van der Waals surface area contributed by atoms with E-state index in [1.54, 1.807) is 10.9 Å². The summed E-state index contributed by atoms with van der Waals surface area (Å²) in [6.45, 7) is 2.04. The molecule has 3 heterocycles. The normalized spacial score (nSPS) is 15.7. The number of para-hydroxylation sites is 1. The molecule has 5 rings (SSSR count). The second-order valence-electron chi connectivity index (χ2n) is 7.38. The number of nitrogens with zero attached hydrogens (tertiary/aromatic N) is 6. The molecular weight excluding hydrogens is 424 g/mol. The topological polar surface area (TPSA) is 89.4 Å². The lowest BCUT2D eigenvalue weighted by Crippen LogP contribution is -2.28. The zero-order valence-corrected chi connectivity index (χ0v) is 18.1. The van der Waals surface area contributed by atoms with Crippen LogP contribution in [0.15, 0.2) is 87.7 Å². The molecule has 1 aliphatic heterocycles. The van der Waals surface area contributed by atoms with Crippen LogP contribution in [0.4, 0.5) is 0 Å². The van der Waals surface area contributed by atoms with Crippen LogP contribution in [0.1, 0.15) is 29.3 Å². The Hall–Kier alpha value is -3.72. The molecule has 9 heteroatoms. The number of aromatic nitrogens is 4. The molecule has 2 aromatic carbocycles. The van der Waals surface area contributed by atoms with Crippen LogP contribution in [0.3, 0.4) is 0 Å². The number of carbonyl (C=O) groups excluding carboxylic acids is 1. The molecule has 0 saturated carbocycles. The maximum absolute atomic E-state index is 13.2. The Kier molecular flexibility index (Phi) is 5.55. The quantitative estimate of drug-likeness (QED) is 0.417. The lowest BCUT2D eigenvalue weighted by atomic mass is 10.0. The van der Waals surface area contributed by atoms with E-state index in [2.05, 4.69) is 20.6 Å². The highest BCUT2D eigenvalue weighted by Gasteiger charge is 2.35. The number of amides is 1. The number of hydrogen-bond donors (Lipinski definition) is 0. The standard InChI is InChI=1S/C23H20N6O2S/c1-16-9-11-17(12-10-16)19-14-20(21-8-5-13-31-21)29(25-19)22(30)15-32-23-24-26-27-28(23)18-6-3-2-4-7-18/h2-13,20H,14-15H2,1H3. The summed E-state index contributed by atoms with van der Waals surface area (Å²) < 4.78 is 7.24. The summed E-state index contributed by atoms with van der Waals surface area (Å²) in [7, 11) is 0. The van der Waals surface area contributed by atoms with Gasteiger partial charge in [0.15, 0.2) is 0 Å². The second-order valence-corrected chi connectivity index (χ2v) is 8.33. The second kappa shape index (κ2) is 8.80. The molecule has 0 saturated heterocycles. The molecule has 1 unspecified atom stereocenters. The van der Waals surface area contributed by atoms with E-state index in [0.29, 0.717) is 17.3 Å². The maximum atomic E-state index is 13.2. The first-order valence-electron chi connectivity index (χ1n) is 10.2. The Balaban J connectivity index is 1.36. The number of rotatable bonds is 6. The highest BCUT2D eigenvalue weighted by Crippen LogP contribution is 2.34. The van der Waals surface area contributed by atoms with Gasteiger partial charge in [-0.15, -0.1) is 5.10 Å². The predicted octanol–water partition coefficient (Wildman–Crippen LogP) is 4.03. The molecule has 0 fully saturated rings. The van der Waals surface area contributed by atoms with Crippen molar-refractivity contribution in [1.29, 1.82) is 0 Å². The van der Waals surface area contributed by atoms with Crippen molar-refractivity contribution in [3.63, 3.8) is 0 Å². The third kappa shape index (κ3) is 4.06. The van der Waals surface area contributed by atoms with E-state index in [-0.39, 0.29) is 17.7 Å². The van der Waals surface area contributed by atoms with Crippen molar-refractivity contribution in [2.75, 3.05) is 5.75 Å². The molecule has 0 bridgehead atoms. The van der Waals surface area contributed by atoms with Gasteiger partial charge in [0, 0.05) is 6.42 Å². The Labute approximate surface area is 188 Å². The monoisotopic (exact) mass is 444 g/mol. The van der Waals surface area contributed by atoms with E-state index in [9.17, 15) is 4.79 Å². The average molecular weight is 445 g/mol. The summed E-state index contributed by atoms with van der Waals surface area (Å²) >= 11 is 1.28. The molecule has 2 aromatic heterocycles. The SMILES string of the molecule is Cc1ccc(C2=NN(C(=O)CSc3nnnn3-c3ccccc3)C(c3ccco3)C2)cc1. The molecule has 4 aromatic rings. The van der Waals surface area contributed by atoms with Gasteiger partial charge >= 0.3 is 0 Å². The van der Waals surface area contributed by atoms with Gasteiger partial charge in [0.25, 0.3) is 5.91 Å². The Morgan fingerprint density at radius 2 is 1.91 bits per heavy atom. The fourth-order valence-corrected chi connectivity index (χ4v) is 4.30. The molecular formula is C23H20N6O2S. The summed E-state index contributed by atoms with van der Waals surface area (Å²) in [5.74, 6) is 0.721. The van der Waals surface area contributed by atoms with E-state index < -0.39 is 0 Å². The molecule has 0 radical (unpaired) electrons. The largest absolute Gasteiger partial charge is 0.467 e. The zero-order chi connectivity index (χ0) is 21.9. The first-order chi connectivity index (χ1) is 15.7. The Morgan fingerprint density at radius 3 is 2.66 bits per heavy atom. The number of carbonyl (C=O) groups is 1. The number of hydrazone groups is 1. The number of furan rings is 1. The molecule has 1 aliphatic rings. The third-order valence-corrected chi connectivity index (χ3v) is 6.09. The van der Waals surface area contributed by atoms with Crippen molar-refractivity contribution >= 4 is 23.4 Å². The van der Waals surface area contributed by atoms with Crippen LogP contribution in [0, 0.1) is 6.92 Å². The summed E-state index contributed by atoms with van der Waals surface area (Å²) in [4.78, 5) is 13.2. The van der Waals surface area contributed by atoms with Crippen LogP contribution in [-0.2, 0) is 4.79 Å². The lowest BCUT2D eigenvalue weighted by Gasteiger charge is -2.19. The van der Waals surface area contributed by atoms with Crippen molar-refractivity contribution in [2.24, 2.45) is 5.10 Å². The number of hydrogen-bond acceptors (Lipinski definition) is 7. The summed E-state index contributed by atoms with van der Waals surface area (Å²) in [6, 6.07) is 21.1. The van der Waals surface area contributed by atoms with Gasteiger partial charge in [-0.25, -0.2) is 5.01 Å². The molecule has 0 N–H and O–H groups in total. The zero-order valence-electron chi connectivity index (χ0n) is 17.3. The number of aryl methyl sites for hydroxylation is 1. The molecule has 0 aliphatic carbocycles. The van der Waals surface area contributed by atoms with Crippen LogP contribution in [0.2, 0.25) is 0 Å². The van der Waals surface area contributed by atoms with Gasteiger partial charge in [0.1, 0.15) is 11.8 Å². The van der Waals surface area contributed by atoms with Crippen LogP contribution in [0.25, 0.3) is 5.69 Å². The molecule has 1 atom stereocenters. The molecule has 0 spiro atoms. The van der Waals surface area contributed by atoms with Gasteiger partial charge in [0.05, 0.1) is 23.4 Å². The molecule has 1 amide bonds. The van der Waals surface area contributed by atoms with Gasteiger partial charge in [-0.1, -0.05) is 59.8 Å². The van der Waals surface area contributed by atoms with Gasteiger partial charge in [-0.3, -0.25) is 4.79 Å². The van der Waals surface area contributed by atoms with E-state index in [4.69, 9.17) is 4.42 Å². The Bertz CT molecular complexity index is 1240. The first kappa shape index (κ1) is 20.2. The minimum Gasteiger partial charge on any atom is -0.467 e. The van der Waals surface area contributed by atoms with E-state index in [1.165, 1.54) is 22.3 Å². The number of tetrazole rings is 1. The van der Waals surface area contributed by atoms with Gasteiger partial charge < -0.3 is 4.42 Å². The van der Waals surface area contributed by atoms with Crippen LogP contribution in [-0.4, -0.2) is 42.6 Å². The summed E-state index contributed by atoms with van der Waals surface area (Å²) in [5, 5.41) is 18.6. The molecule has 32 heavy (non-hydrogen) atoms. The summed E-state index contributed by atoms with van der Waals surface area (Å²) in [6.07, 6.45) is 2.21. The fraction of sp³-hybridized carbons (Fsp3) is 0.174. The third-order valence-electron chi connectivity index (χ3n) is 5.19. The van der Waals surface area contributed by atoms with Gasteiger partial charge in [-0.2, -0.15) is 9.78 Å². The van der Waals surface area contributed by atoms with Crippen molar-refractivity contribution in [1.82, 2.24) is 25.2 Å². The van der Waals surface area contributed by atoms with Crippen molar-refractivity contribution in [3.8, 4) is 5.69 Å². The van der Waals surface area contributed by atoms with Crippen molar-refractivity contribution < 1.29 is 9.21 Å². The van der Waals surface area contributed by atoms with Crippen LogP contribution < -0.4 is 0 Å². The van der Waals surface area contributed by atoms with Crippen molar-refractivity contribution in [3.05, 3.63) is 89.9 Å². The minimum atomic E-state index is -0.278. The highest BCUT2D eigenvalue weighted by molar-refractivity contribution is 7.99. The number of benzene rings is 2. The minimum absolute atomic E-state index is 0.138. The van der Waals surface area contributed by atoms with E-state index in [0.717, 1.165) is 17.0 Å². The smallest absolute Gasteiger partial charge is 0.253 e. The predicted molar refractivity (Wildman–Crippen MR) is 121 cm³/mol. The van der Waals surface area contributed by atoms with Crippen molar-refractivity contribution in [2.45, 2.75) is 24.5 Å². The Morgan fingerprint density at radius 1 is 1.09 bits per heavy atom. The highest BCUT2D eigenvalue weighted by atomic mass is 32.2. The van der Waals surface area contributed by atoms with E-state index in [1.807, 2.05) is 73.7 Å². The number of thioether (sulfide) groups is 1. The van der Waals surface area contributed by atoms with E-state index >= 15 is 0 Å². The van der Waals surface area contributed by atoms with Crippen LogP contribution >= 0.6 is 11.8 Å². The first-order valence-corrected chi connectivity index (χ1v) is 11.1. The van der Waals surface area contributed by atoms with Gasteiger partial charge in [-0.05, 0) is 47.2 Å². The fourth-order valence-electron chi connectivity index (χ4n) is 3.56. The van der Waals surface area contributed by atoms with Gasteiger partial charge in [0.2, 0.25) is 5.16 Å².